The number of halogens is 1. The molecule has 2 aliphatic heterocycles. The number of nitrogens with zero attached hydrogens (tertiary/aromatic N) is 2. The van der Waals surface area contributed by atoms with E-state index in [9.17, 15) is 4.79 Å². The van der Waals surface area contributed by atoms with Gasteiger partial charge < -0.3 is 19.3 Å². The minimum atomic E-state index is -0.395. The summed E-state index contributed by atoms with van der Waals surface area (Å²) in [5.41, 5.74) is 0.588. The van der Waals surface area contributed by atoms with Gasteiger partial charge in [-0.25, -0.2) is 0 Å². The Balaban J connectivity index is 0.00000208. The molecular weight excluding hydrogens is 328 g/mol. The van der Waals surface area contributed by atoms with E-state index in [0.29, 0.717) is 13.2 Å². The number of methoxy groups -OCH3 is 1. The third kappa shape index (κ3) is 3.91. The summed E-state index contributed by atoms with van der Waals surface area (Å²) in [4.78, 5) is 16.8. The molecule has 2 heterocycles. The van der Waals surface area contributed by atoms with E-state index in [1.807, 2.05) is 35.2 Å². The quantitative estimate of drug-likeness (QED) is 0.783. The van der Waals surface area contributed by atoms with Gasteiger partial charge in [0.2, 0.25) is 5.91 Å². The van der Waals surface area contributed by atoms with E-state index < -0.39 is 5.72 Å². The molecule has 0 N–H and O–H groups in total. The Morgan fingerprint density at radius 3 is 2.50 bits per heavy atom. The lowest BCUT2D eigenvalue weighted by atomic mass is 9.99. The van der Waals surface area contributed by atoms with Crippen molar-refractivity contribution in [1.82, 2.24) is 9.80 Å². The summed E-state index contributed by atoms with van der Waals surface area (Å²) in [7, 11) is 3.75. The molecule has 0 saturated carbocycles. The number of likely N-dealkylation sites (tertiary alicyclic amines) is 1. The Morgan fingerprint density at radius 2 is 1.88 bits per heavy atom. The molecule has 0 aliphatic carbocycles. The number of ether oxygens (including phenoxy) is 2. The monoisotopic (exact) mass is 352 g/mol. The van der Waals surface area contributed by atoms with Crippen LogP contribution in [-0.4, -0.2) is 61.8 Å². The van der Waals surface area contributed by atoms with Crippen molar-refractivity contribution in [3.63, 3.8) is 0 Å². The Labute approximate surface area is 149 Å². The van der Waals surface area contributed by atoms with Crippen molar-refractivity contribution in [2.75, 3.05) is 40.4 Å². The van der Waals surface area contributed by atoms with Crippen molar-refractivity contribution in [3.05, 3.63) is 35.9 Å². The van der Waals surface area contributed by atoms with E-state index in [4.69, 9.17) is 9.47 Å². The Bertz CT molecular complexity index is 580. The molecule has 5 nitrogen and oxygen atoms in total. The predicted octanol–water partition coefficient (Wildman–Crippen LogP) is 2.41. The number of carbonyl (C=O) groups is 1. The molecule has 24 heavy (non-hydrogen) atoms. The molecule has 1 aromatic carbocycles. The van der Waals surface area contributed by atoms with Crippen LogP contribution in [0.15, 0.2) is 30.3 Å². The molecule has 0 radical (unpaired) electrons. The smallest absolute Gasteiger partial charge is 0.248 e. The van der Waals surface area contributed by atoms with E-state index in [1.54, 1.807) is 13.2 Å². The van der Waals surface area contributed by atoms with Crippen LogP contribution in [0.2, 0.25) is 0 Å². The van der Waals surface area contributed by atoms with Crippen LogP contribution in [0.5, 0.6) is 5.75 Å². The van der Waals surface area contributed by atoms with E-state index in [-0.39, 0.29) is 18.3 Å². The summed E-state index contributed by atoms with van der Waals surface area (Å²) in [5.74, 6) is 0.842. The van der Waals surface area contributed by atoms with Crippen LogP contribution in [0.3, 0.4) is 0 Å². The number of piperidine rings is 1. The first-order valence-electron chi connectivity index (χ1n) is 8.09. The summed E-state index contributed by atoms with van der Waals surface area (Å²) in [6, 6.07) is 7.66. The van der Waals surface area contributed by atoms with Crippen molar-refractivity contribution in [3.8, 4) is 5.75 Å². The Morgan fingerprint density at radius 1 is 1.21 bits per heavy atom. The minimum absolute atomic E-state index is 0. The lowest BCUT2D eigenvalue weighted by molar-refractivity contribution is -0.152. The molecular formula is C18H25ClN2O3. The van der Waals surface area contributed by atoms with Crippen LogP contribution in [-0.2, 0) is 9.53 Å². The van der Waals surface area contributed by atoms with Crippen LogP contribution in [0.4, 0.5) is 0 Å². The molecule has 2 aliphatic rings. The molecule has 1 aromatic rings. The maximum absolute atomic E-state index is 12.6. The third-order valence-corrected chi connectivity index (χ3v) is 4.75. The molecule has 2 saturated heterocycles. The molecule has 6 heteroatoms. The van der Waals surface area contributed by atoms with E-state index in [1.165, 1.54) is 0 Å². The Hall–Kier alpha value is -1.56. The van der Waals surface area contributed by atoms with Crippen LogP contribution in [0.1, 0.15) is 18.4 Å². The number of carbonyl (C=O) groups excluding carboxylic acids is 1. The van der Waals surface area contributed by atoms with Gasteiger partial charge in [0, 0.05) is 38.6 Å². The highest BCUT2D eigenvalue weighted by molar-refractivity contribution is 5.92. The summed E-state index contributed by atoms with van der Waals surface area (Å²) in [6.45, 7) is 3.24. The maximum atomic E-state index is 12.6. The first-order chi connectivity index (χ1) is 11.1. The minimum Gasteiger partial charge on any atom is -0.497 e. The van der Waals surface area contributed by atoms with Crippen LogP contribution < -0.4 is 4.74 Å². The summed E-state index contributed by atoms with van der Waals surface area (Å²) >= 11 is 0. The largest absolute Gasteiger partial charge is 0.497 e. The molecule has 0 aromatic heterocycles. The first kappa shape index (κ1) is 18.8. The number of hydrogen-bond donors (Lipinski definition) is 0. The normalized spacial score (nSPS) is 20.3. The topological polar surface area (TPSA) is 42.0 Å². The molecule has 0 atom stereocenters. The van der Waals surface area contributed by atoms with Crippen molar-refractivity contribution >= 4 is 24.4 Å². The van der Waals surface area contributed by atoms with Gasteiger partial charge in [0.05, 0.1) is 13.7 Å². The summed E-state index contributed by atoms with van der Waals surface area (Å²) < 4.78 is 11.1. The Kier molecular flexibility index (Phi) is 6.27. The third-order valence-electron chi connectivity index (χ3n) is 4.75. The van der Waals surface area contributed by atoms with E-state index in [2.05, 4.69) is 11.9 Å². The highest BCUT2D eigenvalue weighted by atomic mass is 35.5. The van der Waals surface area contributed by atoms with Crippen LogP contribution >= 0.6 is 12.4 Å². The van der Waals surface area contributed by atoms with Gasteiger partial charge in [0.15, 0.2) is 0 Å². The van der Waals surface area contributed by atoms with Gasteiger partial charge in [-0.05, 0) is 30.8 Å². The van der Waals surface area contributed by atoms with Crippen molar-refractivity contribution in [1.29, 1.82) is 0 Å². The van der Waals surface area contributed by atoms with Crippen LogP contribution in [0, 0.1) is 0 Å². The van der Waals surface area contributed by atoms with Crippen molar-refractivity contribution in [2.24, 2.45) is 0 Å². The molecule has 132 valence electrons. The summed E-state index contributed by atoms with van der Waals surface area (Å²) in [6.07, 6.45) is 5.26. The second kappa shape index (κ2) is 8.01. The molecule has 1 spiro atoms. The molecule has 3 rings (SSSR count). The second-order valence-corrected chi connectivity index (χ2v) is 6.19. The number of amides is 1. The van der Waals surface area contributed by atoms with Gasteiger partial charge in [0.1, 0.15) is 11.5 Å². The van der Waals surface area contributed by atoms with Gasteiger partial charge >= 0.3 is 0 Å². The predicted molar refractivity (Wildman–Crippen MR) is 96.4 cm³/mol. The lowest BCUT2D eigenvalue weighted by Crippen LogP contribution is -2.53. The lowest BCUT2D eigenvalue weighted by Gasteiger charge is -2.42. The fourth-order valence-electron chi connectivity index (χ4n) is 3.27. The van der Waals surface area contributed by atoms with E-state index >= 15 is 0 Å². The average Bonchev–Trinajstić information content (AvgIpc) is 2.99. The van der Waals surface area contributed by atoms with Gasteiger partial charge in [-0.15, -0.1) is 12.4 Å². The zero-order valence-corrected chi connectivity index (χ0v) is 15.1. The SMILES string of the molecule is COc1ccc(C=CC(=O)N2CCOC23CCN(C)CC3)cc1.Cl. The van der Waals surface area contributed by atoms with Crippen LogP contribution in [0.25, 0.3) is 6.08 Å². The average molecular weight is 353 g/mol. The van der Waals surface area contributed by atoms with Crippen molar-refractivity contribution < 1.29 is 14.3 Å². The second-order valence-electron chi connectivity index (χ2n) is 6.19. The fourth-order valence-corrected chi connectivity index (χ4v) is 3.27. The maximum Gasteiger partial charge on any atom is 0.248 e. The van der Waals surface area contributed by atoms with E-state index in [0.717, 1.165) is 37.2 Å². The van der Waals surface area contributed by atoms with Gasteiger partial charge in [-0.1, -0.05) is 12.1 Å². The van der Waals surface area contributed by atoms with Gasteiger partial charge in [-0.3, -0.25) is 4.79 Å². The van der Waals surface area contributed by atoms with Gasteiger partial charge in [0.25, 0.3) is 0 Å². The highest BCUT2D eigenvalue weighted by Gasteiger charge is 2.45. The first-order valence-corrected chi connectivity index (χ1v) is 8.09. The van der Waals surface area contributed by atoms with Gasteiger partial charge in [-0.2, -0.15) is 0 Å². The standard InChI is InChI=1S/C18H24N2O3.ClH/c1-19-11-9-18(10-12-19)20(13-14-23-18)17(21)8-5-15-3-6-16(22-2)7-4-15;/h3-8H,9-14H2,1-2H3;1H. The molecule has 0 unspecified atom stereocenters. The van der Waals surface area contributed by atoms with Crippen molar-refractivity contribution in [2.45, 2.75) is 18.6 Å². The molecule has 0 bridgehead atoms. The number of benzene rings is 1. The number of rotatable bonds is 3. The molecule has 1 amide bonds. The summed E-state index contributed by atoms with van der Waals surface area (Å²) in [5, 5.41) is 0. The zero-order chi connectivity index (χ0) is 16.3. The fraction of sp³-hybridized carbons (Fsp3) is 0.500. The molecule has 2 fully saturated rings. The highest BCUT2D eigenvalue weighted by Crippen LogP contribution is 2.34. The zero-order valence-electron chi connectivity index (χ0n) is 14.2. The number of hydrogen-bond acceptors (Lipinski definition) is 4.